The number of nitrogens with two attached hydrogens (primary N) is 1. The Balaban J connectivity index is 3.00. The fourth-order valence-electron chi connectivity index (χ4n) is 2.91. The normalized spacial score (nSPS) is 11.4. The Morgan fingerprint density at radius 3 is 1.61 bits per heavy atom. The van der Waals surface area contributed by atoms with Gasteiger partial charge in [0.15, 0.2) is 0 Å². The van der Waals surface area contributed by atoms with Crippen molar-refractivity contribution in [2.75, 3.05) is 13.1 Å². The van der Waals surface area contributed by atoms with Crippen molar-refractivity contribution in [2.24, 2.45) is 5.73 Å². The molecule has 23 heavy (non-hydrogen) atoms. The molecular weight excluding hydrogens is 280 g/mol. The standard InChI is InChI=1S/C21H44N2/c1-2-3-4-5-6-7-8-9-10-11-12-13-14-15-16-17-20-23-21-18-19-22/h17,20,23H,2-16,18-19,21-22H2,1H3. The fraction of sp³-hybridized carbons (Fsp3) is 0.905. The van der Waals surface area contributed by atoms with Gasteiger partial charge in [-0.3, -0.25) is 0 Å². The van der Waals surface area contributed by atoms with Gasteiger partial charge in [0.25, 0.3) is 0 Å². The molecule has 0 aliphatic heterocycles. The van der Waals surface area contributed by atoms with Crippen LogP contribution >= 0.6 is 0 Å². The summed E-state index contributed by atoms with van der Waals surface area (Å²) in [5, 5.41) is 3.28. The molecule has 0 radical (unpaired) electrons. The van der Waals surface area contributed by atoms with Gasteiger partial charge in [-0.15, -0.1) is 0 Å². The highest BCUT2D eigenvalue weighted by molar-refractivity contribution is 4.79. The molecule has 0 unspecified atom stereocenters. The Kier molecular flexibility index (Phi) is 21.0. The molecule has 0 rings (SSSR count). The molecule has 2 nitrogen and oxygen atoms in total. The topological polar surface area (TPSA) is 38.0 Å². The SMILES string of the molecule is CCCCCCCCCCCCCCCCC=CNCCCN. The Labute approximate surface area is 146 Å². The zero-order chi connectivity index (χ0) is 16.8. The summed E-state index contributed by atoms with van der Waals surface area (Å²) in [6.07, 6.45) is 26.7. The molecule has 138 valence electrons. The lowest BCUT2D eigenvalue weighted by Crippen LogP contribution is -2.11. The third kappa shape index (κ3) is 21.5. The predicted molar refractivity (Wildman–Crippen MR) is 106 cm³/mol. The van der Waals surface area contributed by atoms with Crippen LogP contribution in [0.4, 0.5) is 0 Å². The van der Waals surface area contributed by atoms with Crippen LogP contribution in [-0.2, 0) is 0 Å². The number of nitrogens with one attached hydrogen (secondary N) is 1. The monoisotopic (exact) mass is 324 g/mol. The van der Waals surface area contributed by atoms with Gasteiger partial charge in [0, 0.05) is 6.54 Å². The Morgan fingerprint density at radius 1 is 0.652 bits per heavy atom. The molecule has 0 aromatic heterocycles. The van der Waals surface area contributed by atoms with E-state index in [-0.39, 0.29) is 0 Å². The van der Waals surface area contributed by atoms with Gasteiger partial charge in [0.1, 0.15) is 0 Å². The second-order valence-corrected chi connectivity index (χ2v) is 6.88. The minimum Gasteiger partial charge on any atom is -0.391 e. The van der Waals surface area contributed by atoms with E-state index in [0.29, 0.717) is 0 Å². The number of hydrogen-bond acceptors (Lipinski definition) is 2. The van der Waals surface area contributed by atoms with Crippen molar-refractivity contribution in [1.82, 2.24) is 5.32 Å². The van der Waals surface area contributed by atoms with Crippen molar-refractivity contribution in [3.8, 4) is 0 Å². The number of hydrogen-bond donors (Lipinski definition) is 2. The van der Waals surface area contributed by atoms with Crippen molar-refractivity contribution < 1.29 is 0 Å². The molecule has 2 heteroatoms. The second-order valence-electron chi connectivity index (χ2n) is 6.88. The first-order valence-electron chi connectivity index (χ1n) is 10.5. The first kappa shape index (κ1) is 22.5. The average Bonchev–Trinajstić information content (AvgIpc) is 2.57. The summed E-state index contributed by atoms with van der Waals surface area (Å²) in [4.78, 5) is 0. The van der Waals surface area contributed by atoms with Gasteiger partial charge in [-0.2, -0.15) is 0 Å². The maximum atomic E-state index is 5.44. The molecule has 0 atom stereocenters. The molecule has 0 aliphatic rings. The molecule has 0 amide bonds. The smallest absolute Gasteiger partial charge is 0.0153 e. The zero-order valence-corrected chi connectivity index (χ0v) is 16.0. The van der Waals surface area contributed by atoms with E-state index >= 15 is 0 Å². The summed E-state index contributed by atoms with van der Waals surface area (Å²) in [5.74, 6) is 0. The molecule has 0 bridgehead atoms. The molecule has 0 saturated carbocycles. The predicted octanol–water partition coefficient (Wildman–Crippen LogP) is 6.31. The lowest BCUT2D eigenvalue weighted by atomic mass is 10.0. The first-order chi connectivity index (χ1) is 11.4. The second kappa shape index (κ2) is 21.5. The lowest BCUT2D eigenvalue weighted by molar-refractivity contribution is 0.536. The molecule has 0 heterocycles. The largest absolute Gasteiger partial charge is 0.391 e. The highest BCUT2D eigenvalue weighted by Crippen LogP contribution is 2.13. The van der Waals surface area contributed by atoms with E-state index in [1.165, 1.54) is 96.3 Å². The van der Waals surface area contributed by atoms with Gasteiger partial charge in [-0.05, 0) is 32.0 Å². The Morgan fingerprint density at radius 2 is 1.13 bits per heavy atom. The zero-order valence-electron chi connectivity index (χ0n) is 16.0. The molecule has 3 N–H and O–H groups in total. The fourth-order valence-corrected chi connectivity index (χ4v) is 2.91. The Hall–Kier alpha value is -0.500. The van der Waals surface area contributed by atoms with Gasteiger partial charge < -0.3 is 11.1 Å². The first-order valence-corrected chi connectivity index (χ1v) is 10.5. The van der Waals surface area contributed by atoms with Crippen LogP contribution in [0.25, 0.3) is 0 Å². The summed E-state index contributed by atoms with van der Waals surface area (Å²) in [6, 6.07) is 0. The van der Waals surface area contributed by atoms with E-state index in [1.54, 1.807) is 0 Å². The van der Waals surface area contributed by atoms with E-state index in [2.05, 4.69) is 24.5 Å². The summed E-state index contributed by atoms with van der Waals surface area (Å²) in [5.41, 5.74) is 5.44. The van der Waals surface area contributed by atoms with Crippen LogP contribution in [0.5, 0.6) is 0 Å². The lowest BCUT2D eigenvalue weighted by Gasteiger charge is -2.03. The van der Waals surface area contributed by atoms with Crippen LogP contribution in [0.15, 0.2) is 12.3 Å². The third-order valence-electron chi connectivity index (χ3n) is 4.49. The van der Waals surface area contributed by atoms with E-state index < -0.39 is 0 Å². The van der Waals surface area contributed by atoms with Crippen molar-refractivity contribution in [3.63, 3.8) is 0 Å². The molecule has 0 aromatic carbocycles. The number of rotatable bonds is 19. The van der Waals surface area contributed by atoms with Crippen LogP contribution in [-0.4, -0.2) is 13.1 Å². The maximum absolute atomic E-state index is 5.44. The molecule has 0 fully saturated rings. The summed E-state index contributed by atoms with van der Waals surface area (Å²) in [7, 11) is 0. The van der Waals surface area contributed by atoms with Crippen LogP contribution in [0.1, 0.15) is 110 Å². The van der Waals surface area contributed by atoms with Gasteiger partial charge in [-0.25, -0.2) is 0 Å². The maximum Gasteiger partial charge on any atom is 0.0153 e. The quantitative estimate of drug-likeness (QED) is 0.273. The van der Waals surface area contributed by atoms with E-state index in [0.717, 1.165) is 19.5 Å². The highest BCUT2D eigenvalue weighted by atomic mass is 14.8. The van der Waals surface area contributed by atoms with E-state index in [1.807, 2.05) is 0 Å². The molecule has 0 saturated heterocycles. The third-order valence-corrected chi connectivity index (χ3v) is 4.49. The number of unbranched alkanes of at least 4 members (excludes halogenated alkanes) is 14. The molecule has 0 aromatic rings. The summed E-state index contributed by atoms with van der Waals surface area (Å²) in [6.45, 7) is 4.07. The van der Waals surface area contributed by atoms with Crippen molar-refractivity contribution in [2.45, 2.75) is 110 Å². The molecular formula is C21H44N2. The van der Waals surface area contributed by atoms with E-state index in [9.17, 15) is 0 Å². The summed E-state index contributed by atoms with van der Waals surface area (Å²) < 4.78 is 0. The minimum absolute atomic E-state index is 0.778. The summed E-state index contributed by atoms with van der Waals surface area (Å²) >= 11 is 0. The van der Waals surface area contributed by atoms with Gasteiger partial charge in [0.05, 0.1) is 0 Å². The molecule has 0 aliphatic carbocycles. The van der Waals surface area contributed by atoms with Crippen molar-refractivity contribution in [1.29, 1.82) is 0 Å². The van der Waals surface area contributed by atoms with Gasteiger partial charge >= 0.3 is 0 Å². The van der Waals surface area contributed by atoms with Crippen LogP contribution in [0.2, 0.25) is 0 Å². The molecule has 0 spiro atoms. The highest BCUT2D eigenvalue weighted by Gasteiger charge is 1.93. The van der Waals surface area contributed by atoms with E-state index in [4.69, 9.17) is 5.73 Å². The van der Waals surface area contributed by atoms with Gasteiger partial charge in [0.2, 0.25) is 0 Å². The van der Waals surface area contributed by atoms with Crippen molar-refractivity contribution in [3.05, 3.63) is 12.3 Å². The Bertz CT molecular complexity index is 226. The van der Waals surface area contributed by atoms with Gasteiger partial charge in [-0.1, -0.05) is 96.5 Å². The minimum atomic E-state index is 0.778. The van der Waals surface area contributed by atoms with Crippen LogP contribution in [0, 0.1) is 0 Å². The van der Waals surface area contributed by atoms with Crippen molar-refractivity contribution >= 4 is 0 Å². The number of allylic oxidation sites excluding steroid dienone is 1. The van der Waals surface area contributed by atoms with Crippen LogP contribution in [0.3, 0.4) is 0 Å². The van der Waals surface area contributed by atoms with Crippen LogP contribution < -0.4 is 11.1 Å². The average molecular weight is 325 g/mol.